The minimum Gasteiger partial charge on any atom is -0.391 e. The fraction of sp³-hybridized carbons (Fsp3) is 0.600. The molecule has 0 amide bonds. The van der Waals surface area contributed by atoms with Gasteiger partial charge >= 0.3 is 0 Å². The normalized spacial score (nSPS) is 21.2. The Morgan fingerprint density at radius 1 is 1.62 bits per heavy atom. The lowest BCUT2D eigenvalue weighted by atomic mass is 10.1. The maximum atomic E-state index is 11.6. The molecule has 1 aliphatic heterocycles. The summed E-state index contributed by atoms with van der Waals surface area (Å²) in [6.45, 7) is 1.31. The van der Waals surface area contributed by atoms with Gasteiger partial charge in [0.05, 0.1) is 18.0 Å². The van der Waals surface area contributed by atoms with Crippen LogP contribution in [0.15, 0.2) is 11.0 Å². The van der Waals surface area contributed by atoms with E-state index in [1.165, 1.54) is 4.68 Å². The van der Waals surface area contributed by atoms with Crippen LogP contribution in [0.4, 0.5) is 5.69 Å². The molecule has 1 aromatic heterocycles. The molecule has 88 valence electrons. The smallest absolute Gasteiger partial charge is 0.287 e. The first-order valence-corrected chi connectivity index (χ1v) is 5.62. The first kappa shape index (κ1) is 11.4. The third kappa shape index (κ3) is 2.05. The van der Waals surface area contributed by atoms with Gasteiger partial charge in [-0.1, -0.05) is 11.6 Å². The largest absolute Gasteiger partial charge is 0.391 e. The van der Waals surface area contributed by atoms with Crippen LogP contribution >= 0.6 is 11.6 Å². The standard InChI is InChI=1S/C10H14ClN3O2/c1-13-10(16)9(11)8(5-12-13)14-4-2-3-7(15)6-14/h5,7,15H,2-4,6H2,1H3/t7-/m1/s1. The third-order valence-corrected chi connectivity index (χ3v) is 3.15. The van der Waals surface area contributed by atoms with E-state index < -0.39 is 0 Å². The fourth-order valence-corrected chi connectivity index (χ4v) is 2.19. The SMILES string of the molecule is Cn1ncc(N2CCC[C@@H](O)C2)c(Cl)c1=O. The highest BCUT2D eigenvalue weighted by Crippen LogP contribution is 2.24. The first-order valence-electron chi connectivity index (χ1n) is 5.24. The molecule has 1 N–H and O–H groups in total. The van der Waals surface area contributed by atoms with E-state index in [1.807, 2.05) is 4.90 Å². The summed E-state index contributed by atoms with van der Waals surface area (Å²) < 4.78 is 1.20. The van der Waals surface area contributed by atoms with Gasteiger partial charge in [0.1, 0.15) is 5.02 Å². The van der Waals surface area contributed by atoms with E-state index in [2.05, 4.69) is 5.10 Å². The van der Waals surface area contributed by atoms with Gasteiger partial charge in [0.2, 0.25) is 0 Å². The molecule has 1 aliphatic rings. The van der Waals surface area contributed by atoms with Crippen LogP contribution in [0.5, 0.6) is 0 Å². The van der Waals surface area contributed by atoms with Crippen molar-refractivity contribution in [3.8, 4) is 0 Å². The number of halogens is 1. The zero-order chi connectivity index (χ0) is 11.7. The molecule has 0 aliphatic carbocycles. The Kier molecular flexibility index (Phi) is 3.16. The van der Waals surface area contributed by atoms with Crippen LogP contribution in [-0.2, 0) is 7.05 Å². The molecule has 1 atom stereocenters. The van der Waals surface area contributed by atoms with Gasteiger partial charge in [0, 0.05) is 20.1 Å². The highest BCUT2D eigenvalue weighted by Gasteiger charge is 2.21. The average Bonchev–Trinajstić information content (AvgIpc) is 2.26. The van der Waals surface area contributed by atoms with Crippen molar-refractivity contribution in [1.82, 2.24) is 9.78 Å². The first-order chi connectivity index (χ1) is 7.59. The molecule has 0 bridgehead atoms. The number of nitrogens with zero attached hydrogens (tertiary/aromatic N) is 3. The summed E-state index contributed by atoms with van der Waals surface area (Å²) in [5.41, 5.74) is 0.308. The number of aromatic nitrogens is 2. The van der Waals surface area contributed by atoms with Crippen LogP contribution < -0.4 is 10.5 Å². The summed E-state index contributed by atoms with van der Waals surface area (Å²) in [7, 11) is 1.56. The van der Waals surface area contributed by atoms with Crippen LogP contribution in [0, 0.1) is 0 Å². The van der Waals surface area contributed by atoms with Crippen molar-refractivity contribution in [1.29, 1.82) is 0 Å². The lowest BCUT2D eigenvalue weighted by molar-refractivity contribution is 0.154. The van der Waals surface area contributed by atoms with Crippen LogP contribution in [0.1, 0.15) is 12.8 Å². The molecule has 0 aromatic carbocycles. The van der Waals surface area contributed by atoms with E-state index in [0.717, 1.165) is 19.4 Å². The molecule has 1 saturated heterocycles. The number of β-amino-alcohol motifs (C(OH)–C–C–N with tert-alkyl or cyclic N) is 1. The Balaban J connectivity index is 2.33. The molecule has 2 heterocycles. The van der Waals surface area contributed by atoms with E-state index in [1.54, 1.807) is 13.2 Å². The van der Waals surface area contributed by atoms with E-state index in [0.29, 0.717) is 12.2 Å². The molecular formula is C10H14ClN3O2. The van der Waals surface area contributed by atoms with Crippen LogP contribution in [-0.4, -0.2) is 34.1 Å². The van der Waals surface area contributed by atoms with Crippen molar-refractivity contribution in [3.05, 3.63) is 21.6 Å². The van der Waals surface area contributed by atoms with Crippen LogP contribution in [0.3, 0.4) is 0 Å². The monoisotopic (exact) mass is 243 g/mol. The van der Waals surface area contributed by atoms with Crippen LogP contribution in [0.2, 0.25) is 5.02 Å². The van der Waals surface area contributed by atoms with E-state index >= 15 is 0 Å². The Morgan fingerprint density at radius 3 is 3.06 bits per heavy atom. The minimum atomic E-state index is -0.353. The third-order valence-electron chi connectivity index (χ3n) is 2.80. The van der Waals surface area contributed by atoms with Gasteiger partial charge in [0.25, 0.3) is 5.56 Å². The molecule has 0 radical (unpaired) electrons. The Bertz CT molecular complexity index is 446. The second-order valence-corrected chi connectivity index (χ2v) is 4.39. The van der Waals surface area contributed by atoms with E-state index in [-0.39, 0.29) is 16.7 Å². The lowest BCUT2D eigenvalue weighted by Gasteiger charge is -2.32. The highest BCUT2D eigenvalue weighted by atomic mass is 35.5. The van der Waals surface area contributed by atoms with Crippen molar-refractivity contribution < 1.29 is 5.11 Å². The second kappa shape index (κ2) is 4.43. The molecule has 16 heavy (non-hydrogen) atoms. The molecule has 1 fully saturated rings. The zero-order valence-electron chi connectivity index (χ0n) is 9.06. The summed E-state index contributed by atoms with van der Waals surface area (Å²) >= 11 is 5.98. The molecular weight excluding hydrogens is 230 g/mol. The summed E-state index contributed by atoms with van der Waals surface area (Å²) in [5, 5.41) is 13.7. The summed E-state index contributed by atoms with van der Waals surface area (Å²) in [6.07, 6.45) is 2.91. The van der Waals surface area contributed by atoms with Gasteiger partial charge in [-0.3, -0.25) is 4.79 Å². The van der Waals surface area contributed by atoms with Crippen molar-refractivity contribution in [2.75, 3.05) is 18.0 Å². The molecule has 5 nitrogen and oxygen atoms in total. The summed E-state index contributed by atoms with van der Waals surface area (Å²) in [6, 6.07) is 0. The number of aliphatic hydroxyl groups excluding tert-OH is 1. The minimum absolute atomic E-state index is 0.173. The quantitative estimate of drug-likeness (QED) is 0.776. The van der Waals surface area contributed by atoms with Gasteiger partial charge in [0.15, 0.2) is 0 Å². The molecule has 2 rings (SSSR count). The lowest BCUT2D eigenvalue weighted by Crippen LogP contribution is -2.39. The van der Waals surface area contributed by atoms with E-state index in [9.17, 15) is 9.90 Å². The van der Waals surface area contributed by atoms with Gasteiger partial charge in [-0.2, -0.15) is 5.10 Å². The topological polar surface area (TPSA) is 58.4 Å². The predicted octanol–water partition coefficient (Wildman–Crippen LogP) is 0.395. The Labute approximate surface area is 98.3 Å². The summed E-state index contributed by atoms with van der Waals surface area (Å²) in [4.78, 5) is 13.5. The second-order valence-electron chi connectivity index (χ2n) is 4.01. The number of anilines is 1. The van der Waals surface area contributed by atoms with Crippen molar-refractivity contribution in [2.24, 2.45) is 7.05 Å². The van der Waals surface area contributed by atoms with Crippen LogP contribution in [0.25, 0.3) is 0 Å². The predicted molar refractivity (Wildman–Crippen MR) is 61.9 cm³/mol. The maximum absolute atomic E-state index is 11.6. The highest BCUT2D eigenvalue weighted by molar-refractivity contribution is 6.33. The Morgan fingerprint density at radius 2 is 2.38 bits per heavy atom. The van der Waals surface area contributed by atoms with Crippen molar-refractivity contribution >= 4 is 17.3 Å². The molecule has 0 spiro atoms. The number of aryl methyl sites for hydroxylation is 1. The van der Waals surface area contributed by atoms with Gasteiger partial charge in [-0.05, 0) is 12.8 Å². The zero-order valence-corrected chi connectivity index (χ0v) is 9.81. The number of hydrogen-bond donors (Lipinski definition) is 1. The molecule has 0 unspecified atom stereocenters. The number of rotatable bonds is 1. The molecule has 6 heteroatoms. The van der Waals surface area contributed by atoms with Crippen molar-refractivity contribution in [3.63, 3.8) is 0 Å². The number of aliphatic hydroxyl groups is 1. The Hall–Kier alpha value is -1.07. The maximum Gasteiger partial charge on any atom is 0.287 e. The molecule has 0 saturated carbocycles. The van der Waals surface area contributed by atoms with Gasteiger partial charge in [-0.15, -0.1) is 0 Å². The number of piperidine rings is 1. The van der Waals surface area contributed by atoms with Gasteiger partial charge in [-0.25, -0.2) is 4.68 Å². The molecule has 1 aromatic rings. The van der Waals surface area contributed by atoms with E-state index in [4.69, 9.17) is 11.6 Å². The average molecular weight is 244 g/mol. The fourth-order valence-electron chi connectivity index (χ4n) is 1.90. The summed E-state index contributed by atoms with van der Waals surface area (Å²) in [5.74, 6) is 0. The number of hydrogen-bond acceptors (Lipinski definition) is 4. The van der Waals surface area contributed by atoms with Gasteiger partial charge < -0.3 is 10.0 Å². The van der Waals surface area contributed by atoms with Crippen molar-refractivity contribution in [2.45, 2.75) is 18.9 Å².